The van der Waals surface area contributed by atoms with E-state index in [-0.39, 0.29) is 5.82 Å². The minimum atomic E-state index is -0.284. The molecule has 0 atom stereocenters. The Bertz CT molecular complexity index is 1010. The molecule has 1 saturated heterocycles. The molecule has 1 aliphatic heterocycles. The second-order valence-corrected chi connectivity index (χ2v) is 7.98. The molecule has 3 aromatic rings. The summed E-state index contributed by atoms with van der Waals surface area (Å²) in [6.45, 7) is 8.76. The molecule has 0 bridgehead atoms. The Morgan fingerprint density at radius 3 is 2.71 bits per heavy atom. The van der Waals surface area contributed by atoms with Gasteiger partial charge < -0.3 is 19.7 Å². The minimum Gasteiger partial charge on any atom is -0.357 e. The van der Waals surface area contributed by atoms with Crippen LogP contribution in [0.1, 0.15) is 25.2 Å². The predicted molar refractivity (Wildman–Crippen MR) is 121 cm³/mol. The normalized spacial score (nSPS) is 14.9. The highest BCUT2D eigenvalue weighted by Gasteiger charge is 2.22. The van der Waals surface area contributed by atoms with E-state index in [0.717, 1.165) is 61.6 Å². The van der Waals surface area contributed by atoms with E-state index in [1.54, 1.807) is 35.4 Å². The lowest BCUT2D eigenvalue weighted by atomic mass is 10.2. The minimum absolute atomic E-state index is 0.284. The summed E-state index contributed by atoms with van der Waals surface area (Å²) >= 11 is 1.47. The number of guanidine groups is 1. The van der Waals surface area contributed by atoms with Gasteiger partial charge >= 0.3 is 0 Å². The largest absolute Gasteiger partial charge is 0.357 e. The summed E-state index contributed by atoms with van der Waals surface area (Å²) in [6, 6.07) is 5.21. The quantitative estimate of drug-likeness (QED) is 0.467. The number of aromatic nitrogens is 4. The highest BCUT2D eigenvalue weighted by Crippen LogP contribution is 2.20. The molecule has 4 rings (SSSR count). The first kappa shape index (κ1) is 21.2. The zero-order valence-corrected chi connectivity index (χ0v) is 18.6. The van der Waals surface area contributed by atoms with Gasteiger partial charge in [-0.2, -0.15) is 4.37 Å². The van der Waals surface area contributed by atoms with Crippen LogP contribution in [0.4, 0.5) is 9.52 Å². The second kappa shape index (κ2) is 9.86. The SMILES string of the molecule is CCNC(=NCc1ccc(-n2ccnc2)c(F)c1)N1CCN(c2nc(CC)ns2)CC1. The Morgan fingerprint density at radius 1 is 1.23 bits per heavy atom. The molecule has 1 aliphatic rings. The molecular weight excluding hydrogens is 415 g/mol. The van der Waals surface area contributed by atoms with Crippen LogP contribution in [0.2, 0.25) is 0 Å². The third-order valence-electron chi connectivity index (χ3n) is 5.16. The Morgan fingerprint density at radius 2 is 2.06 bits per heavy atom. The Hall–Kier alpha value is -3.01. The average Bonchev–Trinajstić information content (AvgIpc) is 3.49. The van der Waals surface area contributed by atoms with Crippen molar-refractivity contribution in [3.63, 3.8) is 0 Å². The van der Waals surface area contributed by atoms with Crippen LogP contribution in [0.3, 0.4) is 0 Å². The van der Waals surface area contributed by atoms with Crippen molar-refractivity contribution in [3.05, 3.63) is 54.1 Å². The molecule has 1 N–H and O–H groups in total. The Labute approximate surface area is 185 Å². The van der Waals surface area contributed by atoms with Crippen LogP contribution in [0.25, 0.3) is 5.69 Å². The number of nitrogens with zero attached hydrogens (tertiary/aromatic N) is 7. The summed E-state index contributed by atoms with van der Waals surface area (Å²) < 4.78 is 20.6. The highest BCUT2D eigenvalue weighted by molar-refractivity contribution is 7.09. The molecule has 10 heteroatoms. The third-order valence-corrected chi connectivity index (χ3v) is 5.98. The number of nitrogens with one attached hydrogen (secondary N) is 1. The highest BCUT2D eigenvalue weighted by atomic mass is 32.1. The molecule has 0 amide bonds. The molecule has 0 unspecified atom stereocenters. The number of aryl methyl sites for hydroxylation is 1. The fraction of sp³-hybridized carbons (Fsp3) is 0.429. The van der Waals surface area contributed by atoms with Gasteiger partial charge in [-0.15, -0.1) is 0 Å². The number of aliphatic imine (C=N–C) groups is 1. The first-order chi connectivity index (χ1) is 15.2. The predicted octanol–water partition coefficient (Wildman–Crippen LogP) is 2.71. The van der Waals surface area contributed by atoms with E-state index in [2.05, 4.69) is 43.3 Å². The van der Waals surface area contributed by atoms with E-state index in [9.17, 15) is 4.39 Å². The van der Waals surface area contributed by atoms with Gasteiger partial charge in [0.1, 0.15) is 11.6 Å². The maximum absolute atomic E-state index is 14.5. The van der Waals surface area contributed by atoms with Crippen LogP contribution >= 0.6 is 11.5 Å². The van der Waals surface area contributed by atoms with E-state index in [1.807, 2.05) is 6.07 Å². The van der Waals surface area contributed by atoms with Crippen LogP contribution in [0, 0.1) is 5.82 Å². The summed E-state index contributed by atoms with van der Waals surface area (Å²) in [6.07, 6.45) is 5.80. The summed E-state index contributed by atoms with van der Waals surface area (Å²) in [5.74, 6) is 1.48. The average molecular weight is 443 g/mol. The van der Waals surface area contributed by atoms with Crippen molar-refractivity contribution in [2.45, 2.75) is 26.8 Å². The number of anilines is 1. The number of hydrogen-bond acceptors (Lipinski definition) is 6. The Balaban J connectivity index is 1.40. The second-order valence-electron chi connectivity index (χ2n) is 7.25. The van der Waals surface area contributed by atoms with Gasteiger partial charge in [0.15, 0.2) is 5.96 Å². The maximum atomic E-state index is 14.5. The fourth-order valence-corrected chi connectivity index (χ4v) is 4.28. The lowest BCUT2D eigenvalue weighted by Gasteiger charge is -2.36. The van der Waals surface area contributed by atoms with Crippen LogP contribution < -0.4 is 10.2 Å². The number of halogens is 1. The van der Waals surface area contributed by atoms with Crippen molar-refractivity contribution in [1.82, 2.24) is 29.1 Å². The molecule has 2 aromatic heterocycles. The lowest BCUT2D eigenvalue weighted by molar-refractivity contribution is 0.372. The number of rotatable bonds is 6. The zero-order chi connectivity index (χ0) is 21.6. The Kier molecular flexibility index (Phi) is 6.76. The van der Waals surface area contributed by atoms with Crippen molar-refractivity contribution in [3.8, 4) is 5.69 Å². The van der Waals surface area contributed by atoms with Crippen LogP contribution in [0.5, 0.6) is 0 Å². The molecule has 0 saturated carbocycles. The third kappa shape index (κ3) is 5.01. The molecule has 0 radical (unpaired) electrons. The lowest BCUT2D eigenvalue weighted by Crippen LogP contribution is -2.52. The van der Waals surface area contributed by atoms with Crippen molar-refractivity contribution in [1.29, 1.82) is 0 Å². The first-order valence-electron chi connectivity index (χ1n) is 10.6. The van der Waals surface area contributed by atoms with Gasteiger partial charge in [0.05, 0.1) is 18.6 Å². The van der Waals surface area contributed by atoms with E-state index in [4.69, 9.17) is 4.99 Å². The molecule has 8 nitrogen and oxygen atoms in total. The summed E-state index contributed by atoms with van der Waals surface area (Å²) in [7, 11) is 0. The number of imidazole rings is 1. The number of piperazine rings is 1. The van der Waals surface area contributed by atoms with E-state index in [1.165, 1.54) is 11.5 Å². The topological polar surface area (TPSA) is 74.5 Å². The molecule has 1 fully saturated rings. The van der Waals surface area contributed by atoms with Gasteiger partial charge in [0.2, 0.25) is 5.13 Å². The molecule has 164 valence electrons. The first-order valence-corrected chi connectivity index (χ1v) is 11.3. The number of benzene rings is 1. The summed E-state index contributed by atoms with van der Waals surface area (Å²) in [5.41, 5.74) is 1.31. The fourth-order valence-electron chi connectivity index (χ4n) is 3.48. The maximum Gasteiger partial charge on any atom is 0.205 e. The monoisotopic (exact) mass is 442 g/mol. The van der Waals surface area contributed by atoms with E-state index >= 15 is 0 Å². The van der Waals surface area contributed by atoms with Crippen molar-refractivity contribution in [2.24, 2.45) is 4.99 Å². The van der Waals surface area contributed by atoms with Gasteiger partial charge in [-0.1, -0.05) is 13.0 Å². The molecule has 0 aliphatic carbocycles. The van der Waals surface area contributed by atoms with Crippen molar-refractivity contribution in [2.75, 3.05) is 37.6 Å². The smallest absolute Gasteiger partial charge is 0.205 e. The molecular formula is C21H27FN8S. The summed E-state index contributed by atoms with van der Waals surface area (Å²) in [5, 5.41) is 4.36. The van der Waals surface area contributed by atoms with E-state index in [0.29, 0.717) is 12.2 Å². The molecule has 0 spiro atoms. The van der Waals surface area contributed by atoms with Gasteiger partial charge in [0, 0.05) is 63.1 Å². The van der Waals surface area contributed by atoms with Crippen molar-refractivity contribution >= 4 is 22.6 Å². The van der Waals surface area contributed by atoms with Crippen molar-refractivity contribution < 1.29 is 4.39 Å². The molecule has 31 heavy (non-hydrogen) atoms. The number of hydrogen-bond donors (Lipinski definition) is 1. The van der Waals surface area contributed by atoms with Gasteiger partial charge in [-0.25, -0.2) is 19.4 Å². The molecule has 3 heterocycles. The van der Waals surface area contributed by atoms with Crippen LogP contribution in [0.15, 0.2) is 41.9 Å². The van der Waals surface area contributed by atoms with Gasteiger partial charge in [-0.3, -0.25) is 0 Å². The van der Waals surface area contributed by atoms with E-state index < -0.39 is 0 Å². The van der Waals surface area contributed by atoms with Gasteiger partial charge in [0.25, 0.3) is 0 Å². The van der Waals surface area contributed by atoms with Gasteiger partial charge in [-0.05, 0) is 24.6 Å². The van der Waals surface area contributed by atoms with Crippen LogP contribution in [-0.4, -0.2) is 62.5 Å². The summed E-state index contributed by atoms with van der Waals surface area (Å²) in [4.78, 5) is 17.9. The molecule has 1 aromatic carbocycles. The zero-order valence-electron chi connectivity index (χ0n) is 17.8. The van der Waals surface area contributed by atoms with Crippen LogP contribution in [-0.2, 0) is 13.0 Å². The standard InChI is InChI=1S/C21H27FN8S/c1-3-19-26-21(31-27-19)29-11-9-28(10-12-29)20(24-4-2)25-14-16-5-6-18(17(22)13-16)30-8-7-23-15-30/h5-8,13,15H,3-4,9-12,14H2,1-2H3,(H,24,25).